The molecule has 0 spiro atoms. The Labute approximate surface area is 140 Å². The average Bonchev–Trinajstić information content (AvgIpc) is 3.06. The van der Waals surface area contributed by atoms with E-state index in [1.54, 1.807) is 0 Å². The van der Waals surface area contributed by atoms with E-state index in [-0.39, 0.29) is 31.8 Å². The highest BCUT2D eigenvalue weighted by atomic mass is 16.4. The lowest BCUT2D eigenvalue weighted by Gasteiger charge is -2.28. The van der Waals surface area contributed by atoms with Crippen LogP contribution in [0.1, 0.15) is 32.3 Å². The quantitative estimate of drug-likeness (QED) is 0.857. The van der Waals surface area contributed by atoms with E-state index in [0.717, 1.165) is 5.56 Å². The van der Waals surface area contributed by atoms with Crippen molar-refractivity contribution >= 4 is 17.8 Å². The number of rotatable bonds is 5. The van der Waals surface area contributed by atoms with E-state index in [2.05, 4.69) is 0 Å². The highest BCUT2D eigenvalue weighted by molar-refractivity contribution is 5.96. The van der Waals surface area contributed by atoms with Crippen molar-refractivity contribution in [3.63, 3.8) is 0 Å². The van der Waals surface area contributed by atoms with Gasteiger partial charge in [0.05, 0.1) is 0 Å². The molecular formula is C18H21NO5. The Morgan fingerprint density at radius 1 is 1.04 bits per heavy atom. The topological polar surface area (TPSA) is 94.9 Å². The number of carbonyl (C=O) groups excluding carboxylic acids is 1. The van der Waals surface area contributed by atoms with Gasteiger partial charge in [-0.3, -0.25) is 14.4 Å². The summed E-state index contributed by atoms with van der Waals surface area (Å²) < 4.78 is 0. The summed E-state index contributed by atoms with van der Waals surface area (Å²) in [5, 5.41) is 18.9. The Bertz CT molecular complexity index is 685. The van der Waals surface area contributed by atoms with Crippen molar-refractivity contribution in [2.24, 2.45) is 10.8 Å². The fourth-order valence-electron chi connectivity index (χ4n) is 3.95. The standard InChI is InChI=1S/C18H21NO5/c1-16(2,12-6-4-3-5-7-12)8-13(20)19-10-17(14(21)22)9-18(17,11-19)15(23)24/h3-7H,8-11H2,1-2H3,(H,21,22)(H,23,24)/t17-,18+. The van der Waals surface area contributed by atoms with Gasteiger partial charge in [-0.15, -0.1) is 0 Å². The lowest BCUT2D eigenvalue weighted by Crippen LogP contribution is -2.37. The molecule has 2 fully saturated rings. The molecule has 1 amide bonds. The summed E-state index contributed by atoms with van der Waals surface area (Å²) in [5.74, 6) is -2.44. The first-order valence-corrected chi connectivity index (χ1v) is 7.95. The predicted octanol–water partition coefficient (Wildman–Crippen LogP) is 1.74. The molecule has 1 saturated heterocycles. The number of carbonyl (C=O) groups is 3. The van der Waals surface area contributed by atoms with Crippen LogP contribution in [0.4, 0.5) is 0 Å². The van der Waals surface area contributed by atoms with Gasteiger partial charge in [0, 0.05) is 19.5 Å². The third-order valence-corrected chi connectivity index (χ3v) is 5.64. The molecule has 1 saturated carbocycles. The third kappa shape index (κ3) is 2.20. The second kappa shape index (κ2) is 5.06. The molecule has 1 aromatic rings. The fourth-order valence-corrected chi connectivity index (χ4v) is 3.95. The van der Waals surface area contributed by atoms with Crippen LogP contribution in [0.15, 0.2) is 30.3 Å². The molecule has 1 heterocycles. The number of fused-ring (bicyclic) bond motifs is 1. The van der Waals surface area contributed by atoms with Gasteiger partial charge in [-0.1, -0.05) is 44.2 Å². The minimum absolute atomic E-state index is 0.0155. The van der Waals surface area contributed by atoms with Gasteiger partial charge in [-0.2, -0.15) is 0 Å². The molecule has 6 nitrogen and oxygen atoms in total. The van der Waals surface area contributed by atoms with Gasteiger partial charge in [0.25, 0.3) is 0 Å². The molecular weight excluding hydrogens is 310 g/mol. The smallest absolute Gasteiger partial charge is 0.312 e. The van der Waals surface area contributed by atoms with E-state index in [1.807, 2.05) is 44.2 Å². The molecule has 2 atom stereocenters. The molecule has 0 radical (unpaired) electrons. The number of likely N-dealkylation sites (tertiary alicyclic amines) is 1. The SMILES string of the molecule is CC(C)(CC(=O)N1C[C@@]2(C(=O)O)C[C@@]2(C(=O)O)C1)c1ccccc1. The van der Waals surface area contributed by atoms with Crippen molar-refractivity contribution in [3.05, 3.63) is 35.9 Å². The molecule has 128 valence electrons. The number of nitrogens with zero attached hydrogens (tertiary/aromatic N) is 1. The van der Waals surface area contributed by atoms with Gasteiger partial charge in [-0.25, -0.2) is 0 Å². The van der Waals surface area contributed by atoms with Crippen molar-refractivity contribution in [3.8, 4) is 0 Å². The Kier molecular flexibility index (Phi) is 3.48. The van der Waals surface area contributed by atoms with Crippen LogP contribution in [0.25, 0.3) is 0 Å². The summed E-state index contributed by atoms with van der Waals surface area (Å²) in [6, 6.07) is 9.62. The van der Waals surface area contributed by atoms with Gasteiger partial charge in [0.2, 0.25) is 5.91 Å². The zero-order valence-electron chi connectivity index (χ0n) is 13.8. The number of hydrogen-bond acceptors (Lipinski definition) is 3. The molecule has 2 aliphatic rings. The number of carboxylic acids is 2. The fraction of sp³-hybridized carbons (Fsp3) is 0.500. The van der Waals surface area contributed by atoms with Crippen molar-refractivity contribution in [1.82, 2.24) is 4.90 Å². The van der Waals surface area contributed by atoms with Gasteiger partial charge >= 0.3 is 11.9 Å². The number of piperidine rings is 1. The molecule has 0 bridgehead atoms. The summed E-state index contributed by atoms with van der Waals surface area (Å²) in [6.45, 7) is 3.88. The largest absolute Gasteiger partial charge is 0.481 e. The number of aliphatic carboxylic acids is 2. The van der Waals surface area contributed by atoms with E-state index >= 15 is 0 Å². The minimum Gasteiger partial charge on any atom is -0.481 e. The lowest BCUT2D eigenvalue weighted by molar-refractivity contribution is -0.151. The summed E-state index contributed by atoms with van der Waals surface area (Å²) in [4.78, 5) is 37.2. The number of carboxylic acid groups (broad SMARTS) is 2. The first kappa shape index (κ1) is 16.5. The molecule has 1 aromatic carbocycles. The van der Waals surface area contributed by atoms with E-state index in [9.17, 15) is 24.6 Å². The van der Waals surface area contributed by atoms with Crippen molar-refractivity contribution in [2.45, 2.75) is 32.1 Å². The maximum atomic E-state index is 12.7. The summed E-state index contributed by atoms with van der Waals surface area (Å²) in [5.41, 5.74) is -2.02. The number of benzene rings is 1. The van der Waals surface area contributed by atoms with Crippen LogP contribution in [0, 0.1) is 10.8 Å². The number of hydrogen-bond donors (Lipinski definition) is 2. The van der Waals surface area contributed by atoms with Crippen molar-refractivity contribution in [1.29, 1.82) is 0 Å². The molecule has 24 heavy (non-hydrogen) atoms. The van der Waals surface area contributed by atoms with Gasteiger partial charge in [0.1, 0.15) is 10.8 Å². The minimum atomic E-state index is -1.31. The van der Waals surface area contributed by atoms with Crippen LogP contribution >= 0.6 is 0 Å². The Morgan fingerprint density at radius 2 is 1.54 bits per heavy atom. The molecule has 6 heteroatoms. The van der Waals surface area contributed by atoms with E-state index in [0.29, 0.717) is 0 Å². The van der Waals surface area contributed by atoms with Gasteiger partial charge in [-0.05, 0) is 17.4 Å². The summed E-state index contributed by atoms with van der Waals surface area (Å²) >= 11 is 0. The maximum absolute atomic E-state index is 12.7. The first-order valence-electron chi connectivity index (χ1n) is 7.95. The van der Waals surface area contributed by atoms with Crippen LogP contribution in [0.5, 0.6) is 0 Å². The van der Waals surface area contributed by atoms with E-state index < -0.39 is 28.2 Å². The van der Waals surface area contributed by atoms with Crippen LogP contribution in [-0.4, -0.2) is 46.0 Å². The highest BCUT2D eigenvalue weighted by Crippen LogP contribution is 2.68. The molecule has 1 aliphatic heterocycles. The van der Waals surface area contributed by atoms with Crippen LogP contribution in [0.3, 0.4) is 0 Å². The van der Waals surface area contributed by atoms with E-state index in [1.165, 1.54) is 4.90 Å². The molecule has 3 rings (SSSR count). The maximum Gasteiger partial charge on any atom is 0.312 e. The second-order valence-corrected chi connectivity index (χ2v) is 7.63. The van der Waals surface area contributed by atoms with Crippen LogP contribution in [0.2, 0.25) is 0 Å². The number of amides is 1. The zero-order chi connectivity index (χ0) is 17.8. The first-order chi connectivity index (χ1) is 11.1. The molecule has 0 aromatic heterocycles. The lowest BCUT2D eigenvalue weighted by atomic mass is 9.81. The van der Waals surface area contributed by atoms with Crippen LogP contribution < -0.4 is 0 Å². The molecule has 1 aliphatic carbocycles. The second-order valence-electron chi connectivity index (χ2n) is 7.63. The molecule has 2 N–H and O–H groups in total. The normalized spacial score (nSPS) is 28.3. The van der Waals surface area contributed by atoms with Gasteiger partial charge in [0.15, 0.2) is 0 Å². The Morgan fingerprint density at radius 3 is 2.00 bits per heavy atom. The Hall–Kier alpha value is -2.37. The summed E-state index contributed by atoms with van der Waals surface area (Å²) in [6.07, 6.45) is 0.318. The zero-order valence-corrected chi connectivity index (χ0v) is 13.8. The van der Waals surface area contributed by atoms with Crippen molar-refractivity contribution < 1.29 is 24.6 Å². The third-order valence-electron chi connectivity index (χ3n) is 5.64. The predicted molar refractivity (Wildman–Crippen MR) is 85.4 cm³/mol. The van der Waals surface area contributed by atoms with E-state index in [4.69, 9.17) is 0 Å². The summed E-state index contributed by atoms with van der Waals surface area (Å²) in [7, 11) is 0. The average molecular weight is 331 g/mol. The highest BCUT2D eigenvalue weighted by Gasteiger charge is 2.81. The van der Waals surface area contributed by atoms with Gasteiger partial charge < -0.3 is 15.1 Å². The van der Waals surface area contributed by atoms with Crippen LogP contribution in [-0.2, 0) is 19.8 Å². The Balaban J connectivity index is 1.76. The molecule has 0 unspecified atom stereocenters. The monoisotopic (exact) mass is 331 g/mol. The van der Waals surface area contributed by atoms with Crippen molar-refractivity contribution in [2.75, 3.05) is 13.1 Å².